The zero-order chi connectivity index (χ0) is 21.2. The molecule has 1 aromatic heterocycles. The smallest absolute Gasteiger partial charge is 0.375 e. The van der Waals surface area contributed by atoms with E-state index in [9.17, 15) is 14.4 Å². The average Bonchev–Trinajstić information content (AvgIpc) is 2.67. The van der Waals surface area contributed by atoms with Gasteiger partial charge in [-0.25, -0.2) is 4.79 Å². The molecule has 0 saturated heterocycles. The highest BCUT2D eigenvalue weighted by Gasteiger charge is 2.22. The minimum absolute atomic E-state index is 0.00906. The van der Waals surface area contributed by atoms with Crippen LogP contribution in [0.15, 0.2) is 63.8 Å². The van der Waals surface area contributed by atoms with E-state index >= 15 is 0 Å². The van der Waals surface area contributed by atoms with Gasteiger partial charge in [0, 0.05) is 11.8 Å². The maximum Gasteiger partial charge on any atom is 0.375 e. The van der Waals surface area contributed by atoms with Gasteiger partial charge in [0.1, 0.15) is 5.58 Å². The summed E-state index contributed by atoms with van der Waals surface area (Å²) in [7, 11) is 0. The van der Waals surface area contributed by atoms with Crippen molar-refractivity contribution in [2.75, 3.05) is 5.32 Å². The highest BCUT2D eigenvalue weighted by atomic mass is 16.6. The van der Waals surface area contributed by atoms with Gasteiger partial charge in [-0.3, -0.25) is 9.59 Å². The fraction of sp³-hybridized carbons (Fsp3) is 0.261. The van der Waals surface area contributed by atoms with Crippen molar-refractivity contribution in [2.45, 2.75) is 39.2 Å². The number of benzene rings is 2. The fourth-order valence-corrected chi connectivity index (χ4v) is 2.77. The van der Waals surface area contributed by atoms with E-state index in [-0.39, 0.29) is 22.2 Å². The van der Waals surface area contributed by atoms with Crippen LogP contribution in [0.1, 0.15) is 43.8 Å². The second kappa shape index (κ2) is 7.91. The SMILES string of the molecule is CC(OC(=O)c1cc(=O)c2ccccc2o1)C(=O)Nc1ccc(C(C)(C)C)cc1. The average molecular weight is 393 g/mol. The van der Waals surface area contributed by atoms with Gasteiger partial charge in [0.05, 0.1) is 5.39 Å². The minimum Gasteiger partial charge on any atom is -0.449 e. The van der Waals surface area contributed by atoms with Crippen molar-refractivity contribution in [3.63, 3.8) is 0 Å². The Labute approximate surface area is 168 Å². The first-order valence-corrected chi connectivity index (χ1v) is 9.30. The van der Waals surface area contributed by atoms with E-state index in [1.165, 1.54) is 6.92 Å². The number of nitrogens with one attached hydrogen (secondary N) is 1. The molecule has 0 aliphatic carbocycles. The van der Waals surface area contributed by atoms with Gasteiger partial charge in [-0.2, -0.15) is 0 Å². The van der Waals surface area contributed by atoms with E-state index in [0.29, 0.717) is 11.1 Å². The molecule has 0 aliphatic rings. The second-order valence-electron chi connectivity index (χ2n) is 7.84. The van der Waals surface area contributed by atoms with Gasteiger partial charge < -0.3 is 14.5 Å². The molecule has 3 aromatic rings. The zero-order valence-corrected chi connectivity index (χ0v) is 16.8. The van der Waals surface area contributed by atoms with Gasteiger partial charge in [-0.15, -0.1) is 0 Å². The van der Waals surface area contributed by atoms with Gasteiger partial charge >= 0.3 is 5.97 Å². The Morgan fingerprint density at radius 3 is 2.34 bits per heavy atom. The summed E-state index contributed by atoms with van der Waals surface area (Å²) in [5.41, 5.74) is 1.68. The molecule has 1 atom stereocenters. The molecule has 1 unspecified atom stereocenters. The van der Waals surface area contributed by atoms with E-state index < -0.39 is 18.0 Å². The number of fused-ring (bicyclic) bond motifs is 1. The number of carbonyl (C=O) groups excluding carboxylic acids is 2. The predicted molar refractivity (Wildman–Crippen MR) is 111 cm³/mol. The fourth-order valence-electron chi connectivity index (χ4n) is 2.77. The Balaban J connectivity index is 1.68. The number of carbonyl (C=O) groups is 2. The lowest BCUT2D eigenvalue weighted by Gasteiger charge is -2.19. The molecule has 0 radical (unpaired) electrons. The third kappa shape index (κ3) is 4.71. The summed E-state index contributed by atoms with van der Waals surface area (Å²) < 4.78 is 10.6. The van der Waals surface area contributed by atoms with Crippen LogP contribution < -0.4 is 10.7 Å². The molecule has 150 valence electrons. The van der Waals surface area contributed by atoms with Gasteiger partial charge in [0.25, 0.3) is 5.91 Å². The van der Waals surface area contributed by atoms with E-state index in [2.05, 4.69) is 26.1 Å². The maximum atomic E-state index is 12.4. The van der Waals surface area contributed by atoms with Crippen molar-refractivity contribution >= 4 is 28.5 Å². The molecule has 0 spiro atoms. The Bertz CT molecular complexity index is 1110. The number of hydrogen-bond donors (Lipinski definition) is 1. The van der Waals surface area contributed by atoms with Crippen LogP contribution in [-0.4, -0.2) is 18.0 Å². The van der Waals surface area contributed by atoms with Gasteiger partial charge in [0.15, 0.2) is 11.5 Å². The lowest BCUT2D eigenvalue weighted by molar-refractivity contribution is -0.123. The number of ether oxygens (including phenoxy) is 1. The lowest BCUT2D eigenvalue weighted by atomic mass is 9.87. The second-order valence-corrected chi connectivity index (χ2v) is 7.84. The van der Waals surface area contributed by atoms with Crippen LogP contribution in [0.2, 0.25) is 0 Å². The molecular formula is C23H23NO5. The summed E-state index contributed by atoms with van der Waals surface area (Å²) in [6, 6.07) is 15.2. The molecule has 0 fully saturated rings. The van der Waals surface area contributed by atoms with Crippen molar-refractivity contribution in [3.8, 4) is 0 Å². The Morgan fingerprint density at radius 2 is 1.69 bits per heavy atom. The monoisotopic (exact) mass is 393 g/mol. The van der Waals surface area contributed by atoms with Gasteiger partial charge in [0.2, 0.25) is 5.76 Å². The van der Waals surface area contributed by atoms with Crippen molar-refractivity contribution in [2.24, 2.45) is 0 Å². The van der Waals surface area contributed by atoms with Crippen LogP contribution in [0.4, 0.5) is 5.69 Å². The molecular weight excluding hydrogens is 370 g/mol. The Morgan fingerprint density at radius 1 is 1.03 bits per heavy atom. The van der Waals surface area contributed by atoms with E-state index in [1.807, 2.05) is 12.1 Å². The third-order valence-electron chi connectivity index (χ3n) is 4.51. The summed E-state index contributed by atoms with van der Waals surface area (Å²) in [5, 5.41) is 3.08. The molecule has 6 heteroatoms. The quantitative estimate of drug-likeness (QED) is 0.669. The number of esters is 1. The zero-order valence-electron chi connectivity index (χ0n) is 16.8. The molecule has 0 aliphatic heterocycles. The molecule has 1 N–H and O–H groups in total. The van der Waals surface area contributed by atoms with E-state index in [0.717, 1.165) is 11.6 Å². The van der Waals surface area contributed by atoms with Crippen molar-refractivity contribution in [3.05, 3.63) is 76.1 Å². The summed E-state index contributed by atoms with van der Waals surface area (Å²) in [6.45, 7) is 7.77. The Hall–Kier alpha value is -3.41. The number of para-hydroxylation sites is 1. The third-order valence-corrected chi connectivity index (χ3v) is 4.51. The summed E-state index contributed by atoms with van der Waals surface area (Å²) in [6.07, 6.45) is -1.07. The van der Waals surface area contributed by atoms with E-state index in [4.69, 9.17) is 9.15 Å². The maximum absolute atomic E-state index is 12.4. The molecule has 3 rings (SSSR count). The minimum atomic E-state index is -1.07. The van der Waals surface area contributed by atoms with Crippen LogP contribution in [0.25, 0.3) is 11.0 Å². The largest absolute Gasteiger partial charge is 0.449 e. The first kappa shape index (κ1) is 20.3. The summed E-state index contributed by atoms with van der Waals surface area (Å²) in [5.74, 6) is -1.61. The molecule has 29 heavy (non-hydrogen) atoms. The molecule has 0 saturated carbocycles. The highest BCUT2D eigenvalue weighted by molar-refractivity contribution is 5.97. The van der Waals surface area contributed by atoms with Crippen molar-refractivity contribution in [1.82, 2.24) is 0 Å². The summed E-state index contributed by atoms with van der Waals surface area (Å²) in [4.78, 5) is 36.8. The molecule has 1 amide bonds. The first-order valence-electron chi connectivity index (χ1n) is 9.30. The first-order chi connectivity index (χ1) is 13.6. The standard InChI is InChI=1S/C23H23NO5/c1-14(21(26)24-16-11-9-15(10-12-16)23(2,3)4)28-22(27)20-13-18(25)17-7-5-6-8-19(17)29-20/h5-14H,1-4H3,(H,24,26). The lowest BCUT2D eigenvalue weighted by Crippen LogP contribution is -2.30. The van der Waals surface area contributed by atoms with Crippen LogP contribution in [0.5, 0.6) is 0 Å². The number of anilines is 1. The molecule has 1 heterocycles. The summed E-state index contributed by atoms with van der Waals surface area (Å²) >= 11 is 0. The van der Waals surface area contributed by atoms with Crippen LogP contribution >= 0.6 is 0 Å². The van der Waals surface area contributed by atoms with Crippen molar-refractivity contribution < 1.29 is 18.7 Å². The number of rotatable bonds is 4. The molecule has 6 nitrogen and oxygen atoms in total. The predicted octanol–water partition coefficient (Wildman–Crippen LogP) is 4.27. The molecule has 2 aromatic carbocycles. The topological polar surface area (TPSA) is 85.6 Å². The normalized spacial score (nSPS) is 12.4. The van der Waals surface area contributed by atoms with Crippen LogP contribution in [0, 0.1) is 0 Å². The highest BCUT2D eigenvalue weighted by Crippen LogP contribution is 2.23. The number of amides is 1. The number of hydrogen-bond acceptors (Lipinski definition) is 5. The van der Waals surface area contributed by atoms with Crippen molar-refractivity contribution in [1.29, 1.82) is 0 Å². The van der Waals surface area contributed by atoms with Crippen LogP contribution in [-0.2, 0) is 14.9 Å². The van der Waals surface area contributed by atoms with Crippen LogP contribution in [0.3, 0.4) is 0 Å². The van der Waals surface area contributed by atoms with Gasteiger partial charge in [-0.05, 0) is 42.2 Å². The van der Waals surface area contributed by atoms with E-state index in [1.54, 1.807) is 36.4 Å². The molecule has 0 bridgehead atoms. The Kier molecular flexibility index (Phi) is 5.55. The van der Waals surface area contributed by atoms with Gasteiger partial charge in [-0.1, -0.05) is 45.0 Å².